The largest absolute Gasteiger partial charge is 0.506 e. The van der Waals surface area contributed by atoms with Gasteiger partial charge in [0, 0.05) is 31.6 Å². The lowest BCUT2D eigenvalue weighted by atomic mass is 10.0. The summed E-state index contributed by atoms with van der Waals surface area (Å²) < 4.78 is 25.8. The van der Waals surface area contributed by atoms with Gasteiger partial charge in [0.15, 0.2) is 0 Å². The quantitative estimate of drug-likeness (QED) is 0.839. The Morgan fingerprint density at radius 3 is 2.32 bits per heavy atom. The molecule has 1 unspecified atom stereocenters. The molecule has 0 bridgehead atoms. The Morgan fingerprint density at radius 1 is 1.20 bits per heavy atom. The zero-order valence-electron chi connectivity index (χ0n) is 15.0. The van der Waals surface area contributed by atoms with Crippen molar-refractivity contribution in [3.05, 3.63) is 30.0 Å². The fourth-order valence-corrected chi connectivity index (χ4v) is 3.23. The molecule has 0 aliphatic carbocycles. The number of fused-ring (bicyclic) bond motifs is 1. The zero-order valence-corrected chi connectivity index (χ0v) is 15.8. The van der Waals surface area contributed by atoms with Gasteiger partial charge in [-0.25, -0.2) is 17.7 Å². The van der Waals surface area contributed by atoms with Gasteiger partial charge in [0.2, 0.25) is 10.0 Å². The molecule has 0 aliphatic rings. The zero-order chi connectivity index (χ0) is 19.4. The number of phenols is 1. The maximum atomic E-state index is 12.3. The van der Waals surface area contributed by atoms with Gasteiger partial charge in [0.05, 0.1) is 10.8 Å². The molecule has 25 heavy (non-hydrogen) atoms. The summed E-state index contributed by atoms with van der Waals surface area (Å²) in [4.78, 5) is 15.2. The second-order valence-electron chi connectivity index (χ2n) is 5.51. The Bertz CT molecular complexity index is 863. The highest BCUT2D eigenvalue weighted by atomic mass is 32.2. The molecule has 0 spiro atoms. The second-order valence-corrected chi connectivity index (χ2v) is 7.63. The third-order valence-corrected chi connectivity index (χ3v) is 5.42. The van der Waals surface area contributed by atoms with Crippen molar-refractivity contribution < 1.29 is 23.4 Å². The van der Waals surface area contributed by atoms with Crippen molar-refractivity contribution in [1.82, 2.24) is 9.29 Å². The Balaban J connectivity index is 0.00000151. The number of carbonyl (C=O) groups is 1. The van der Waals surface area contributed by atoms with E-state index in [0.29, 0.717) is 11.1 Å². The first-order valence-electron chi connectivity index (χ1n) is 7.91. The monoisotopic (exact) mass is 368 g/mol. The molecule has 138 valence electrons. The fourth-order valence-electron chi connectivity index (χ4n) is 2.15. The van der Waals surface area contributed by atoms with Gasteiger partial charge < -0.3 is 10.2 Å². The molecule has 2 N–H and O–H groups in total. The van der Waals surface area contributed by atoms with Crippen LogP contribution in [-0.4, -0.2) is 48.0 Å². The number of sulfonamides is 1. The Labute approximate surface area is 148 Å². The van der Waals surface area contributed by atoms with Gasteiger partial charge in [-0.05, 0) is 24.3 Å². The Morgan fingerprint density at radius 2 is 1.80 bits per heavy atom. The molecule has 0 amide bonds. The summed E-state index contributed by atoms with van der Waals surface area (Å²) in [6.45, 7) is 5.56. The molecule has 2 aromatic rings. The molecule has 7 nitrogen and oxygen atoms in total. The molecule has 0 saturated heterocycles. The first kappa shape index (κ1) is 20.9. The summed E-state index contributed by atoms with van der Waals surface area (Å²) in [6.07, 6.45) is 0.190. The molecule has 1 atom stereocenters. The maximum Gasteiger partial charge on any atom is 0.306 e. The van der Waals surface area contributed by atoms with Crippen LogP contribution in [0.2, 0.25) is 0 Å². The van der Waals surface area contributed by atoms with E-state index >= 15 is 0 Å². The van der Waals surface area contributed by atoms with Gasteiger partial charge in [0.25, 0.3) is 0 Å². The number of aromatic hydroxyl groups is 1. The Kier molecular flexibility index (Phi) is 6.89. The predicted octanol–water partition coefficient (Wildman–Crippen LogP) is 2.48. The standard InChI is InChI=1S/C15H18N2O5S.C2H6/c1-9(15(19)20)8-10-4-5-11-13(23(21,22)17(2)3)7-6-12(18)14(11)16-10;1-2/h4-7,9,18H,8H2,1-3H3,(H,19,20);1-2H3. The van der Waals surface area contributed by atoms with E-state index < -0.39 is 21.9 Å². The third-order valence-electron chi connectivity index (χ3n) is 3.55. The number of aromatic nitrogens is 1. The first-order chi connectivity index (χ1) is 11.6. The summed E-state index contributed by atoms with van der Waals surface area (Å²) in [5.41, 5.74) is 0.616. The van der Waals surface area contributed by atoms with Crippen molar-refractivity contribution in [3.8, 4) is 5.75 Å². The fraction of sp³-hybridized carbons (Fsp3) is 0.412. The van der Waals surface area contributed by atoms with Crippen LogP contribution in [0.1, 0.15) is 26.5 Å². The van der Waals surface area contributed by atoms with Crippen LogP contribution in [0.3, 0.4) is 0 Å². The lowest BCUT2D eigenvalue weighted by Gasteiger charge is -2.14. The van der Waals surface area contributed by atoms with Crippen LogP contribution in [-0.2, 0) is 21.2 Å². The average Bonchev–Trinajstić information content (AvgIpc) is 2.57. The molecule has 0 fully saturated rings. The highest BCUT2D eigenvalue weighted by Crippen LogP contribution is 2.30. The number of aliphatic carboxylic acids is 1. The number of nitrogens with zero attached hydrogens (tertiary/aromatic N) is 2. The van der Waals surface area contributed by atoms with E-state index in [1.165, 1.54) is 26.2 Å². The number of pyridine rings is 1. The molecule has 1 heterocycles. The van der Waals surface area contributed by atoms with Gasteiger partial charge in [-0.2, -0.15) is 0 Å². The van der Waals surface area contributed by atoms with Crippen molar-refractivity contribution in [3.63, 3.8) is 0 Å². The lowest BCUT2D eigenvalue weighted by molar-refractivity contribution is -0.141. The molecular weight excluding hydrogens is 344 g/mol. The van der Waals surface area contributed by atoms with Crippen molar-refractivity contribution in [2.75, 3.05) is 14.1 Å². The summed E-state index contributed by atoms with van der Waals surface area (Å²) in [6, 6.07) is 5.72. The number of benzene rings is 1. The molecule has 8 heteroatoms. The van der Waals surface area contributed by atoms with Crippen LogP contribution < -0.4 is 0 Å². The van der Waals surface area contributed by atoms with Crippen molar-refractivity contribution in [1.29, 1.82) is 0 Å². The smallest absolute Gasteiger partial charge is 0.306 e. The van der Waals surface area contributed by atoms with Gasteiger partial charge in [-0.1, -0.05) is 20.8 Å². The van der Waals surface area contributed by atoms with Crippen molar-refractivity contribution in [2.45, 2.75) is 32.1 Å². The number of phenolic OH excluding ortho intramolecular Hbond substituents is 1. The molecular formula is C17H24N2O5S. The first-order valence-corrected chi connectivity index (χ1v) is 9.35. The van der Waals surface area contributed by atoms with Crippen LogP contribution in [0.15, 0.2) is 29.2 Å². The van der Waals surface area contributed by atoms with E-state index in [4.69, 9.17) is 5.11 Å². The summed E-state index contributed by atoms with van der Waals surface area (Å²) in [7, 11) is -0.840. The van der Waals surface area contributed by atoms with Crippen LogP contribution in [0.5, 0.6) is 5.75 Å². The van der Waals surface area contributed by atoms with Crippen molar-refractivity contribution >= 4 is 26.9 Å². The normalized spacial score (nSPS) is 12.6. The van der Waals surface area contributed by atoms with Crippen LogP contribution >= 0.6 is 0 Å². The van der Waals surface area contributed by atoms with E-state index in [9.17, 15) is 18.3 Å². The number of hydrogen-bond donors (Lipinski definition) is 2. The number of carboxylic acids is 1. The molecule has 1 aromatic carbocycles. The maximum absolute atomic E-state index is 12.3. The van der Waals surface area contributed by atoms with Gasteiger partial charge in [-0.15, -0.1) is 0 Å². The number of carboxylic acid groups (broad SMARTS) is 1. The van der Waals surface area contributed by atoms with Gasteiger partial charge in [-0.3, -0.25) is 4.79 Å². The number of rotatable bonds is 5. The highest BCUT2D eigenvalue weighted by molar-refractivity contribution is 7.89. The van der Waals surface area contributed by atoms with E-state index in [1.807, 2.05) is 13.8 Å². The summed E-state index contributed by atoms with van der Waals surface area (Å²) in [5.74, 6) is -1.72. The summed E-state index contributed by atoms with van der Waals surface area (Å²) in [5, 5.41) is 19.2. The molecule has 0 saturated carbocycles. The van der Waals surface area contributed by atoms with Crippen molar-refractivity contribution in [2.24, 2.45) is 5.92 Å². The average molecular weight is 368 g/mol. The van der Waals surface area contributed by atoms with Gasteiger partial charge in [0.1, 0.15) is 11.3 Å². The highest BCUT2D eigenvalue weighted by Gasteiger charge is 2.22. The van der Waals surface area contributed by atoms with E-state index in [1.54, 1.807) is 19.1 Å². The third kappa shape index (κ3) is 4.46. The SMILES string of the molecule is CC.CC(Cc1ccc2c(S(=O)(=O)N(C)C)ccc(O)c2n1)C(=O)O. The van der Waals surface area contributed by atoms with Crippen LogP contribution in [0, 0.1) is 5.92 Å². The van der Waals surface area contributed by atoms with E-state index in [2.05, 4.69) is 4.98 Å². The minimum Gasteiger partial charge on any atom is -0.506 e. The van der Waals surface area contributed by atoms with Crippen LogP contribution in [0.25, 0.3) is 10.9 Å². The topological polar surface area (TPSA) is 108 Å². The molecule has 1 aromatic heterocycles. The minimum atomic E-state index is -3.68. The molecule has 0 aliphatic heterocycles. The van der Waals surface area contributed by atoms with Crippen LogP contribution in [0.4, 0.5) is 0 Å². The Hall–Kier alpha value is -2.19. The number of hydrogen-bond acceptors (Lipinski definition) is 5. The van der Waals surface area contributed by atoms with Gasteiger partial charge >= 0.3 is 5.97 Å². The summed E-state index contributed by atoms with van der Waals surface area (Å²) >= 11 is 0. The molecule has 2 rings (SSSR count). The predicted molar refractivity (Wildman–Crippen MR) is 96.1 cm³/mol. The minimum absolute atomic E-state index is 0.0423. The second kappa shape index (κ2) is 8.26. The molecule has 0 radical (unpaired) electrons. The van der Waals surface area contributed by atoms with E-state index in [0.717, 1.165) is 4.31 Å². The lowest BCUT2D eigenvalue weighted by Crippen LogP contribution is -2.22. The van der Waals surface area contributed by atoms with E-state index in [-0.39, 0.29) is 22.6 Å².